The molecule has 2 atom stereocenters. The molecule has 2 unspecified atom stereocenters. The zero-order chi connectivity index (χ0) is 13.1. The van der Waals surface area contributed by atoms with E-state index < -0.39 is 0 Å². The number of hydrogen-bond donors (Lipinski definition) is 1. The molecule has 3 nitrogen and oxygen atoms in total. The highest BCUT2D eigenvalue weighted by molar-refractivity contribution is 6.30. The van der Waals surface area contributed by atoms with Crippen LogP contribution in [0.1, 0.15) is 11.5 Å². The van der Waals surface area contributed by atoms with E-state index >= 15 is 0 Å². The number of nitrogens with zero attached hydrogens (tertiary/aromatic N) is 1. The Morgan fingerprint density at radius 1 is 1.50 bits per heavy atom. The molecule has 1 saturated heterocycles. The maximum Gasteiger partial charge on any atom is 0.141 e. The summed E-state index contributed by atoms with van der Waals surface area (Å²) in [5, 5.41) is 0.162. The molecule has 1 heterocycles. The Morgan fingerprint density at radius 3 is 2.94 bits per heavy atom. The Bertz CT molecular complexity index is 416. The molecule has 1 aliphatic rings. The lowest BCUT2D eigenvalue weighted by molar-refractivity contribution is 0.160. The van der Waals surface area contributed by atoms with Crippen LogP contribution in [-0.2, 0) is 4.74 Å². The van der Waals surface area contributed by atoms with Crippen LogP contribution in [0.4, 0.5) is 4.39 Å². The second-order valence-electron chi connectivity index (χ2n) is 4.70. The minimum Gasteiger partial charge on any atom is -0.383 e. The van der Waals surface area contributed by atoms with Gasteiger partial charge in [-0.3, -0.25) is 4.90 Å². The number of benzene rings is 1. The van der Waals surface area contributed by atoms with E-state index in [9.17, 15) is 4.39 Å². The van der Waals surface area contributed by atoms with Crippen molar-refractivity contribution in [3.8, 4) is 0 Å². The predicted molar refractivity (Wildman–Crippen MR) is 70.4 cm³/mol. The summed E-state index contributed by atoms with van der Waals surface area (Å²) >= 11 is 5.81. The maximum atomic E-state index is 13.1. The predicted octanol–water partition coefficient (Wildman–Crippen LogP) is 1.85. The van der Waals surface area contributed by atoms with Crippen molar-refractivity contribution in [2.24, 2.45) is 5.73 Å². The van der Waals surface area contributed by atoms with Crippen molar-refractivity contribution in [1.82, 2.24) is 4.90 Å². The zero-order valence-electron chi connectivity index (χ0n) is 10.4. The third-order valence-electron chi connectivity index (χ3n) is 3.42. The van der Waals surface area contributed by atoms with Crippen molar-refractivity contribution in [1.29, 1.82) is 0 Å². The van der Waals surface area contributed by atoms with Gasteiger partial charge in [-0.15, -0.1) is 0 Å². The molecule has 1 fully saturated rings. The van der Waals surface area contributed by atoms with E-state index in [-0.39, 0.29) is 22.8 Å². The summed E-state index contributed by atoms with van der Waals surface area (Å²) in [6.07, 6.45) is 0. The van der Waals surface area contributed by atoms with E-state index in [1.807, 2.05) is 0 Å². The standard InChI is InChI=1S/C13H18ClFN2O/c1-18-5-4-17-7-10(13(16)8-17)9-2-3-12(15)11(14)6-9/h2-3,6,10,13H,4-5,7-8,16H2,1H3. The molecular formula is C13H18ClFN2O. The third-order valence-corrected chi connectivity index (χ3v) is 3.71. The average Bonchev–Trinajstić information content (AvgIpc) is 2.71. The molecule has 1 aromatic rings. The second kappa shape index (κ2) is 5.97. The van der Waals surface area contributed by atoms with Gasteiger partial charge in [-0.2, -0.15) is 0 Å². The highest BCUT2D eigenvalue weighted by Crippen LogP contribution is 2.29. The lowest BCUT2D eigenvalue weighted by atomic mass is 9.95. The molecule has 0 radical (unpaired) electrons. The van der Waals surface area contributed by atoms with E-state index in [0.717, 1.165) is 25.2 Å². The molecule has 0 amide bonds. The quantitative estimate of drug-likeness (QED) is 0.909. The first kappa shape index (κ1) is 13.7. The zero-order valence-corrected chi connectivity index (χ0v) is 11.2. The van der Waals surface area contributed by atoms with Gasteiger partial charge in [-0.1, -0.05) is 17.7 Å². The van der Waals surface area contributed by atoms with Gasteiger partial charge >= 0.3 is 0 Å². The van der Waals surface area contributed by atoms with Gasteiger partial charge in [0.05, 0.1) is 11.6 Å². The average molecular weight is 273 g/mol. The van der Waals surface area contributed by atoms with E-state index in [4.69, 9.17) is 22.1 Å². The lowest BCUT2D eigenvalue weighted by Crippen LogP contribution is -2.30. The van der Waals surface area contributed by atoms with Gasteiger partial charge in [0.15, 0.2) is 0 Å². The first-order valence-electron chi connectivity index (χ1n) is 6.03. The number of rotatable bonds is 4. The minimum atomic E-state index is -0.386. The Balaban J connectivity index is 2.06. The topological polar surface area (TPSA) is 38.5 Å². The van der Waals surface area contributed by atoms with E-state index in [1.54, 1.807) is 19.2 Å². The summed E-state index contributed by atoms with van der Waals surface area (Å²) < 4.78 is 18.2. The van der Waals surface area contributed by atoms with E-state index in [1.165, 1.54) is 6.07 Å². The number of halogens is 2. The van der Waals surface area contributed by atoms with Crippen LogP contribution in [0.25, 0.3) is 0 Å². The number of methoxy groups -OCH3 is 1. The number of likely N-dealkylation sites (tertiary alicyclic amines) is 1. The molecule has 0 saturated carbocycles. The van der Waals surface area contributed by atoms with Gasteiger partial charge in [0.25, 0.3) is 0 Å². The SMILES string of the molecule is COCCN1CC(N)C(c2ccc(F)c(Cl)c2)C1. The molecule has 2 N–H and O–H groups in total. The molecule has 1 aromatic carbocycles. The molecule has 0 aromatic heterocycles. The van der Waals surface area contributed by atoms with Crippen LogP contribution in [0, 0.1) is 5.82 Å². The fourth-order valence-electron chi connectivity index (χ4n) is 2.41. The summed E-state index contributed by atoms with van der Waals surface area (Å²) in [5.74, 6) is -0.178. The maximum absolute atomic E-state index is 13.1. The monoisotopic (exact) mass is 272 g/mol. The van der Waals surface area contributed by atoms with Crippen LogP contribution < -0.4 is 5.73 Å². The van der Waals surface area contributed by atoms with Crippen LogP contribution in [0.2, 0.25) is 5.02 Å². The fourth-order valence-corrected chi connectivity index (χ4v) is 2.60. The first-order chi connectivity index (χ1) is 8.61. The van der Waals surface area contributed by atoms with Crippen molar-refractivity contribution in [2.75, 3.05) is 33.4 Å². The Labute approximate surface area is 112 Å². The normalized spacial score (nSPS) is 24.7. The van der Waals surface area contributed by atoms with E-state index in [2.05, 4.69) is 4.90 Å². The van der Waals surface area contributed by atoms with Crippen LogP contribution in [0.5, 0.6) is 0 Å². The van der Waals surface area contributed by atoms with Gasteiger partial charge < -0.3 is 10.5 Å². The molecule has 100 valence electrons. The molecule has 5 heteroatoms. The minimum absolute atomic E-state index is 0.0587. The summed E-state index contributed by atoms with van der Waals surface area (Å²) in [4.78, 5) is 2.26. The fraction of sp³-hybridized carbons (Fsp3) is 0.538. The van der Waals surface area contributed by atoms with Crippen molar-refractivity contribution < 1.29 is 9.13 Å². The lowest BCUT2D eigenvalue weighted by Gasteiger charge is -2.16. The molecule has 1 aliphatic heterocycles. The molecule has 0 bridgehead atoms. The summed E-state index contributed by atoms with van der Waals surface area (Å²) in [6.45, 7) is 3.27. The number of nitrogens with two attached hydrogens (primary N) is 1. The van der Waals surface area contributed by atoms with Crippen molar-refractivity contribution in [2.45, 2.75) is 12.0 Å². The van der Waals surface area contributed by atoms with Gasteiger partial charge in [0, 0.05) is 38.7 Å². The largest absolute Gasteiger partial charge is 0.383 e. The molecule has 2 rings (SSSR count). The Morgan fingerprint density at radius 2 is 2.28 bits per heavy atom. The van der Waals surface area contributed by atoms with Crippen LogP contribution >= 0.6 is 11.6 Å². The van der Waals surface area contributed by atoms with Gasteiger partial charge in [-0.05, 0) is 17.7 Å². The Hall–Kier alpha value is -0.680. The summed E-state index contributed by atoms with van der Waals surface area (Å²) in [6, 6.07) is 4.91. The third kappa shape index (κ3) is 3.01. The van der Waals surface area contributed by atoms with Crippen molar-refractivity contribution in [3.63, 3.8) is 0 Å². The van der Waals surface area contributed by atoms with Crippen LogP contribution in [-0.4, -0.2) is 44.3 Å². The van der Waals surface area contributed by atoms with E-state index in [0.29, 0.717) is 6.61 Å². The van der Waals surface area contributed by atoms with Crippen LogP contribution in [0.3, 0.4) is 0 Å². The second-order valence-corrected chi connectivity index (χ2v) is 5.10. The smallest absolute Gasteiger partial charge is 0.141 e. The number of hydrogen-bond acceptors (Lipinski definition) is 3. The molecule has 18 heavy (non-hydrogen) atoms. The highest BCUT2D eigenvalue weighted by atomic mass is 35.5. The van der Waals surface area contributed by atoms with Crippen molar-refractivity contribution in [3.05, 3.63) is 34.6 Å². The highest BCUT2D eigenvalue weighted by Gasteiger charge is 2.31. The van der Waals surface area contributed by atoms with Crippen molar-refractivity contribution >= 4 is 11.6 Å². The Kier molecular flexibility index (Phi) is 4.56. The van der Waals surface area contributed by atoms with Gasteiger partial charge in [-0.25, -0.2) is 4.39 Å². The molecule has 0 aliphatic carbocycles. The van der Waals surface area contributed by atoms with Gasteiger partial charge in [0.2, 0.25) is 0 Å². The van der Waals surface area contributed by atoms with Gasteiger partial charge in [0.1, 0.15) is 5.82 Å². The number of ether oxygens (including phenoxy) is 1. The molecular weight excluding hydrogens is 255 g/mol. The summed E-state index contributed by atoms with van der Waals surface area (Å²) in [5.41, 5.74) is 7.15. The first-order valence-corrected chi connectivity index (χ1v) is 6.41. The summed E-state index contributed by atoms with van der Waals surface area (Å²) in [7, 11) is 1.69. The van der Waals surface area contributed by atoms with Crippen LogP contribution in [0.15, 0.2) is 18.2 Å². The molecule has 0 spiro atoms.